The van der Waals surface area contributed by atoms with Gasteiger partial charge in [0.1, 0.15) is 5.76 Å². The van der Waals surface area contributed by atoms with Crippen molar-refractivity contribution < 1.29 is 9.21 Å². The largest absolute Gasteiger partial charge is 0.465 e. The van der Waals surface area contributed by atoms with E-state index in [4.69, 9.17) is 4.42 Å². The van der Waals surface area contributed by atoms with Crippen LogP contribution in [0.3, 0.4) is 0 Å². The van der Waals surface area contributed by atoms with Crippen LogP contribution < -0.4 is 0 Å². The molecule has 0 spiro atoms. The highest BCUT2D eigenvalue weighted by Crippen LogP contribution is 2.08. The highest BCUT2D eigenvalue weighted by Gasteiger charge is 1.97. The first-order valence-corrected chi connectivity index (χ1v) is 6.57. The molecule has 0 atom stereocenters. The lowest BCUT2D eigenvalue weighted by molar-refractivity contribution is -0.114. The van der Waals surface area contributed by atoms with E-state index in [1.807, 2.05) is 12.1 Å². The van der Waals surface area contributed by atoms with Crippen LogP contribution in [0.5, 0.6) is 0 Å². The van der Waals surface area contributed by atoms with E-state index in [-0.39, 0.29) is 5.78 Å². The number of carbonyl (C=O) groups excluding carboxylic acids is 1. The average Bonchev–Trinajstić information content (AvgIpc) is 2.84. The van der Waals surface area contributed by atoms with E-state index in [2.05, 4.69) is 6.92 Å². The first-order valence-electron chi connectivity index (χ1n) is 6.57. The quantitative estimate of drug-likeness (QED) is 0.461. The van der Waals surface area contributed by atoms with Gasteiger partial charge in [-0.2, -0.15) is 0 Å². The standard InChI is InChI=1S/C15H22O2/c1-2-3-4-5-6-7-9-14(16)11-12-15-10-8-13-17-15/h8,10-13H,2-7,9H2,1H3/b12-11+. The molecule has 0 saturated carbocycles. The Bertz CT molecular complexity index is 323. The Labute approximate surface area is 104 Å². The van der Waals surface area contributed by atoms with E-state index in [1.54, 1.807) is 18.4 Å². The lowest BCUT2D eigenvalue weighted by Crippen LogP contribution is -1.92. The maximum atomic E-state index is 11.5. The summed E-state index contributed by atoms with van der Waals surface area (Å²) in [7, 11) is 0. The summed E-state index contributed by atoms with van der Waals surface area (Å²) >= 11 is 0. The number of ketones is 1. The Balaban J connectivity index is 2.05. The molecule has 0 aliphatic heterocycles. The van der Waals surface area contributed by atoms with Gasteiger partial charge >= 0.3 is 0 Å². The van der Waals surface area contributed by atoms with Crippen LogP contribution in [0.1, 0.15) is 57.6 Å². The van der Waals surface area contributed by atoms with E-state index < -0.39 is 0 Å². The van der Waals surface area contributed by atoms with E-state index in [1.165, 1.54) is 32.1 Å². The van der Waals surface area contributed by atoms with Crippen molar-refractivity contribution in [2.75, 3.05) is 0 Å². The fraction of sp³-hybridized carbons (Fsp3) is 0.533. The minimum Gasteiger partial charge on any atom is -0.465 e. The molecule has 0 aliphatic carbocycles. The fourth-order valence-corrected chi connectivity index (χ4v) is 1.72. The van der Waals surface area contributed by atoms with Gasteiger partial charge in [0.15, 0.2) is 5.78 Å². The van der Waals surface area contributed by atoms with Crippen LogP contribution in [-0.4, -0.2) is 5.78 Å². The Morgan fingerprint density at radius 1 is 1.24 bits per heavy atom. The number of furan rings is 1. The summed E-state index contributed by atoms with van der Waals surface area (Å²) < 4.78 is 5.11. The zero-order valence-electron chi connectivity index (χ0n) is 10.7. The van der Waals surface area contributed by atoms with E-state index in [0.717, 1.165) is 12.2 Å². The summed E-state index contributed by atoms with van der Waals surface area (Å²) in [4.78, 5) is 11.5. The number of hydrogen-bond donors (Lipinski definition) is 0. The molecule has 2 nitrogen and oxygen atoms in total. The first-order chi connectivity index (χ1) is 8.33. The Hall–Kier alpha value is -1.31. The van der Waals surface area contributed by atoms with Gasteiger partial charge in [-0.1, -0.05) is 39.0 Å². The summed E-state index contributed by atoms with van der Waals surface area (Å²) in [5.41, 5.74) is 0. The molecule has 1 heterocycles. The van der Waals surface area contributed by atoms with Gasteiger partial charge in [0, 0.05) is 6.42 Å². The molecule has 0 bridgehead atoms. The molecule has 0 saturated heterocycles. The molecule has 0 unspecified atom stereocenters. The van der Waals surface area contributed by atoms with Crippen molar-refractivity contribution in [1.29, 1.82) is 0 Å². The molecule has 0 N–H and O–H groups in total. The van der Waals surface area contributed by atoms with Crippen molar-refractivity contribution in [1.82, 2.24) is 0 Å². The molecule has 0 aromatic carbocycles. The molecule has 0 radical (unpaired) electrons. The smallest absolute Gasteiger partial charge is 0.155 e. The maximum Gasteiger partial charge on any atom is 0.155 e. The molecular formula is C15H22O2. The normalized spacial score (nSPS) is 11.1. The van der Waals surface area contributed by atoms with E-state index >= 15 is 0 Å². The number of rotatable bonds is 9. The van der Waals surface area contributed by atoms with Gasteiger partial charge in [0.25, 0.3) is 0 Å². The molecule has 17 heavy (non-hydrogen) atoms. The van der Waals surface area contributed by atoms with Crippen molar-refractivity contribution in [2.45, 2.75) is 51.9 Å². The zero-order chi connectivity index (χ0) is 12.3. The first kappa shape index (κ1) is 13.8. The van der Waals surface area contributed by atoms with Crippen LogP contribution in [0.15, 0.2) is 28.9 Å². The minimum absolute atomic E-state index is 0.192. The molecule has 1 aromatic heterocycles. The number of carbonyl (C=O) groups is 1. The van der Waals surface area contributed by atoms with Gasteiger partial charge in [0.2, 0.25) is 0 Å². The monoisotopic (exact) mass is 234 g/mol. The second-order valence-corrected chi connectivity index (χ2v) is 4.33. The van der Waals surface area contributed by atoms with Crippen molar-refractivity contribution in [3.05, 3.63) is 30.2 Å². The predicted molar refractivity (Wildman–Crippen MR) is 70.7 cm³/mol. The second-order valence-electron chi connectivity index (χ2n) is 4.33. The molecular weight excluding hydrogens is 212 g/mol. The van der Waals surface area contributed by atoms with Gasteiger partial charge < -0.3 is 4.42 Å². The van der Waals surface area contributed by atoms with E-state index in [9.17, 15) is 4.79 Å². The molecule has 0 fully saturated rings. The summed E-state index contributed by atoms with van der Waals surface area (Å²) in [5, 5.41) is 0. The van der Waals surface area contributed by atoms with Crippen LogP contribution in [0.25, 0.3) is 6.08 Å². The van der Waals surface area contributed by atoms with Gasteiger partial charge in [-0.15, -0.1) is 0 Å². The molecule has 1 rings (SSSR count). The Morgan fingerprint density at radius 2 is 2.00 bits per heavy atom. The lowest BCUT2D eigenvalue weighted by Gasteiger charge is -1.98. The molecule has 0 aliphatic rings. The molecule has 94 valence electrons. The van der Waals surface area contributed by atoms with Crippen LogP contribution in [0, 0.1) is 0 Å². The van der Waals surface area contributed by atoms with Crippen LogP contribution in [0.4, 0.5) is 0 Å². The second kappa shape index (κ2) is 8.80. The fourth-order valence-electron chi connectivity index (χ4n) is 1.72. The zero-order valence-corrected chi connectivity index (χ0v) is 10.7. The molecule has 0 amide bonds. The van der Waals surface area contributed by atoms with Crippen LogP contribution in [0.2, 0.25) is 0 Å². The van der Waals surface area contributed by atoms with Crippen molar-refractivity contribution in [3.8, 4) is 0 Å². The number of allylic oxidation sites excluding steroid dienone is 1. The third kappa shape index (κ3) is 6.77. The van der Waals surface area contributed by atoms with Crippen molar-refractivity contribution in [2.24, 2.45) is 0 Å². The van der Waals surface area contributed by atoms with Crippen LogP contribution >= 0.6 is 0 Å². The van der Waals surface area contributed by atoms with E-state index in [0.29, 0.717) is 6.42 Å². The number of hydrogen-bond acceptors (Lipinski definition) is 2. The van der Waals surface area contributed by atoms with Crippen molar-refractivity contribution >= 4 is 11.9 Å². The minimum atomic E-state index is 0.192. The van der Waals surface area contributed by atoms with Gasteiger partial charge in [0.05, 0.1) is 6.26 Å². The van der Waals surface area contributed by atoms with Crippen molar-refractivity contribution in [3.63, 3.8) is 0 Å². The van der Waals surface area contributed by atoms with Gasteiger partial charge in [-0.3, -0.25) is 4.79 Å². The topological polar surface area (TPSA) is 30.2 Å². The van der Waals surface area contributed by atoms with Gasteiger partial charge in [-0.25, -0.2) is 0 Å². The Kier molecular flexibility index (Phi) is 7.12. The third-order valence-electron chi connectivity index (χ3n) is 2.75. The number of unbranched alkanes of at least 4 members (excludes halogenated alkanes) is 5. The van der Waals surface area contributed by atoms with Gasteiger partial charge in [-0.05, 0) is 30.7 Å². The SMILES string of the molecule is CCCCCCCCC(=O)/C=C/c1ccco1. The lowest BCUT2D eigenvalue weighted by atomic mass is 10.1. The molecule has 2 heteroatoms. The summed E-state index contributed by atoms with van der Waals surface area (Å²) in [6.07, 6.45) is 12.9. The van der Waals surface area contributed by atoms with Crippen LogP contribution in [-0.2, 0) is 4.79 Å². The summed E-state index contributed by atoms with van der Waals surface area (Å²) in [5.74, 6) is 0.929. The highest BCUT2D eigenvalue weighted by atomic mass is 16.3. The predicted octanol–water partition coefficient (Wildman–Crippen LogP) is 4.61. The third-order valence-corrected chi connectivity index (χ3v) is 2.75. The molecule has 1 aromatic rings. The Morgan fingerprint density at radius 3 is 2.71 bits per heavy atom. The summed E-state index contributed by atoms with van der Waals surface area (Å²) in [6, 6.07) is 3.66. The highest BCUT2D eigenvalue weighted by molar-refractivity contribution is 5.93. The maximum absolute atomic E-state index is 11.5. The average molecular weight is 234 g/mol. The summed E-state index contributed by atoms with van der Waals surface area (Å²) in [6.45, 7) is 2.21.